The standard InChI is InChI=1S/C29H29ClN2O7S/c1-2-37-29(34)27-28(24-15-20(30)11-12-25(24)31-27)40(35,36)32-13-14-38-21(16-32)18-39-26-10-6-5-9-23(26)22-8-4-3-7-19(22)17-33/h3-12,15,21,31,33H,2,13-14,16-18H2,1H3. The number of aromatic nitrogens is 1. The number of H-pyrrole nitrogens is 1. The normalized spacial score (nSPS) is 16.2. The zero-order chi connectivity index (χ0) is 28.3. The molecule has 1 saturated heterocycles. The molecule has 0 bridgehead atoms. The Bertz CT molecular complexity index is 1640. The molecular weight excluding hydrogens is 556 g/mol. The monoisotopic (exact) mass is 584 g/mol. The van der Waals surface area contributed by atoms with Gasteiger partial charge in [0.2, 0.25) is 10.0 Å². The Labute approximate surface area is 237 Å². The van der Waals surface area contributed by atoms with Crippen molar-refractivity contribution in [3.63, 3.8) is 0 Å². The molecule has 0 spiro atoms. The summed E-state index contributed by atoms with van der Waals surface area (Å²) in [5, 5.41) is 10.4. The fourth-order valence-electron chi connectivity index (χ4n) is 4.81. The van der Waals surface area contributed by atoms with Gasteiger partial charge in [0.25, 0.3) is 0 Å². The van der Waals surface area contributed by atoms with Gasteiger partial charge in [-0.3, -0.25) is 0 Å². The van der Waals surface area contributed by atoms with Crippen molar-refractivity contribution in [3.05, 3.63) is 83.0 Å². The number of hydrogen-bond acceptors (Lipinski definition) is 7. The summed E-state index contributed by atoms with van der Waals surface area (Å²) in [5.41, 5.74) is 2.73. The van der Waals surface area contributed by atoms with E-state index in [9.17, 15) is 18.3 Å². The molecular formula is C29H29ClN2O7S. The molecule has 1 fully saturated rings. The first-order valence-corrected chi connectivity index (χ1v) is 14.7. The predicted molar refractivity (Wildman–Crippen MR) is 151 cm³/mol. The fourth-order valence-corrected chi connectivity index (χ4v) is 6.76. The lowest BCUT2D eigenvalue weighted by molar-refractivity contribution is -0.0248. The van der Waals surface area contributed by atoms with E-state index in [-0.39, 0.29) is 50.1 Å². The van der Waals surface area contributed by atoms with E-state index in [1.807, 2.05) is 48.5 Å². The van der Waals surface area contributed by atoms with Gasteiger partial charge >= 0.3 is 5.97 Å². The second-order valence-corrected chi connectivity index (χ2v) is 11.5. The Balaban J connectivity index is 1.40. The minimum atomic E-state index is -4.15. The van der Waals surface area contributed by atoms with Gasteiger partial charge in [0.15, 0.2) is 0 Å². The number of halogens is 1. The second kappa shape index (κ2) is 12.0. The number of nitrogens with one attached hydrogen (secondary N) is 1. The number of carbonyl (C=O) groups excluding carboxylic acids is 1. The van der Waals surface area contributed by atoms with E-state index >= 15 is 0 Å². The van der Waals surface area contributed by atoms with Crippen LogP contribution in [0.15, 0.2) is 71.6 Å². The number of aliphatic hydroxyl groups is 1. The summed E-state index contributed by atoms with van der Waals surface area (Å²) in [5.74, 6) is -0.177. The third kappa shape index (κ3) is 5.59. The van der Waals surface area contributed by atoms with Gasteiger partial charge in [-0.1, -0.05) is 54.1 Å². The predicted octanol–water partition coefficient (Wildman–Crippen LogP) is 4.63. The fraction of sp³-hybridized carbons (Fsp3) is 0.276. The maximum absolute atomic E-state index is 14.0. The maximum atomic E-state index is 14.0. The molecule has 3 aromatic carbocycles. The van der Waals surface area contributed by atoms with Crippen molar-refractivity contribution >= 4 is 38.5 Å². The highest BCUT2D eigenvalue weighted by molar-refractivity contribution is 7.89. The molecule has 11 heteroatoms. The number of carbonyl (C=O) groups is 1. The molecule has 5 rings (SSSR count). The number of aromatic amines is 1. The van der Waals surface area contributed by atoms with E-state index < -0.39 is 22.1 Å². The molecule has 1 aromatic heterocycles. The SMILES string of the molecule is CCOC(=O)c1[nH]c2ccc(Cl)cc2c1S(=O)(=O)N1CCOC(COc2ccccc2-c2ccccc2CO)C1. The molecule has 2 heterocycles. The molecule has 0 saturated carbocycles. The minimum absolute atomic E-state index is 0.0211. The quantitative estimate of drug-likeness (QED) is 0.275. The largest absolute Gasteiger partial charge is 0.490 e. The summed E-state index contributed by atoms with van der Waals surface area (Å²) in [6.07, 6.45) is -0.565. The highest BCUT2D eigenvalue weighted by Crippen LogP contribution is 2.34. The number of esters is 1. The van der Waals surface area contributed by atoms with Crippen LogP contribution < -0.4 is 4.74 Å². The summed E-state index contributed by atoms with van der Waals surface area (Å²) in [4.78, 5) is 15.5. The van der Waals surface area contributed by atoms with Crippen molar-refractivity contribution in [3.8, 4) is 16.9 Å². The van der Waals surface area contributed by atoms with Gasteiger partial charge in [-0.05, 0) is 42.3 Å². The number of aliphatic hydroxyl groups excluding tert-OH is 1. The van der Waals surface area contributed by atoms with Gasteiger partial charge < -0.3 is 24.3 Å². The van der Waals surface area contributed by atoms with Crippen molar-refractivity contribution in [2.75, 3.05) is 32.9 Å². The number of hydrogen-bond donors (Lipinski definition) is 2. The van der Waals surface area contributed by atoms with Crippen LogP contribution in [0.1, 0.15) is 23.0 Å². The number of para-hydroxylation sites is 1. The van der Waals surface area contributed by atoms with E-state index in [0.717, 1.165) is 16.7 Å². The number of sulfonamides is 1. The van der Waals surface area contributed by atoms with Crippen LogP contribution in [-0.4, -0.2) is 67.8 Å². The Morgan fingerprint density at radius 1 is 1.12 bits per heavy atom. The van der Waals surface area contributed by atoms with Crippen LogP contribution in [0.5, 0.6) is 5.75 Å². The minimum Gasteiger partial charge on any atom is -0.490 e. The van der Waals surface area contributed by atoms with Gasteiger partial charge in [-0.15, -0.1) is 0 Å². The highest BCUT2D eigenvalue weighted by Gasteiger charge is 2.37. The van der Waals surface area contributed by atoms with Crippen molar-refractivity contribution in [2.45, 2.75) is 24.5 Å². The Morgan fingerprint density at radius 2 is 1.88 bits per heavy atom. The molecule has 40 heavy (non-hydrogen) atoms. The molecule has 2 N–H and O–H groups in total. The lowest BCUT2D eigenvalue weighted by Gasteiger charge is -2.32. The van der Waals surface area contributed by atoms with Crippen LogP contribution in [0.4, 0.5) is 0 Å². The average molecular weight is 585 g/mol. The van der Waals surface area contributed by atoms with Crippen molar-refractivity contribution in [1.29, 1.82) is 0 Å². The summed E-state index contributed by atoms with van der Waals surface area (Å²) < 4.78 is 46.4. The van der Waals surface area contributed by atoms with E-state index in [1.165, 1.54) is 10.4 Å². The lowest BCUT2D eigenvalue weighted by Crippen LogP contribution is -2.47. The molecule has 0 amide bonds. The van der Waals surface area contributed by atoms with Crippen LogP contribution in [0, 0.1) is 0 Å². The maximum Gasteiger partial charge on any atom is 0.356 e. The summed E-state index contributed by atoms with van der Waals surface area (Å²) in [7, 11) is -4.15. The van der Waals surface area contributed by atoms with Gasteiger partial charge in [0, 0.05) is 34.6 Å². The van der Waals surface area contributed by atoms with Gasteiger partial charge in [0.1, 0.15) is 29.0 Å². The molecule has 1 unspecified atom stereocenters. The van der Waals surface area contributed by atoms with Crippen molar-refractivity contribution < 1.29 is 32.5 Å². The molecule has 0 aliphatic carbocycles. The van der Waals surface area contributed by atoms with Gasteiger partial charge in [-0.25, -0.2) is 13.2 Å². The van der Waals surface area contributed by atoms with Crippen LogP contribution in [0.3, 0.4) is 0 Å². The summed E-state index contributed by atoms with van der Waals surface area (Å²) in [6.45, 7) is 2.00. The first kappa shape index (κ1) is 28.1. The third-order valence-corrected chi connectivity index (χ3v) is 8.87. The number of rotatable bonds is 9. The topological polar surface area (TPSA) is 118 Å². The highest BCUT2D eigenvalue weighted by atomic mass is 35.5. The molecule has 0 radical (unpaired) electrons. The van der Waals surface area contributed by atoms with E-state index in [4.69, 9.17) is 25.8 Å². The number of fused-ring (bicyclic) bond motifs is 1. The third-order valence-electron chi connectivity index (χ3n) is 6.68. The van der Waals surface area contributed by atoms with Gasteiger partial charge in [0.05, 0.1) is 19.8 Å². The lowest BCUT2D eigenvalue weighted by atomic mass is 9.99. The van der Waals surface area contributed by atoms with E-state index in [2.05, 4.69) is 4.98 Å². The number of morpholine rings is 1. The van der Waals surface area contributed by atoms with Crippen molar-refractivity contribution in [1.82, 2.24) is 9.29 Å². The number of ether oxygens (including phenoxy) is 3. The van der Waals surface area contributed by atoms with Crippen LogP contribution in [0.25, 0.3) is 22.0 Å². The zero-order valence-corrected chi connectivity index (χ0v) is 23.4. The molecule has 1 aliphatic rings. The Hall–Kier alpha value is -3.41. The molecule has 210 valence electrons. The van der Waals surface area contributed by atoms with Crippen LogP contribution >= 0.6 is 11.6 Å². The molecule has 4 aromatic rings. The molecule has 1 atom stereocenters. The van der Waals surface area contributed by atoms with Crippen LogP contribution in [0.2, 0.25) is 5.02 Å². The Morgan fingerprint density at radius 3 is 2.65 bits per heavy atom. The van der Waals surface area contributed by atoms with Crippen molar-refractivity contribution in [2.24, 2.45) is 0 Å². The summed E-state index contributed by atoms with van der Waals surface area (Å²) in [6, 6.07) is 19.7. The van der Waals surface area contributed by atoms with Gasteiger partial charge in [-0.2, -0.15) is 4.31 Å². The Kier molecular flexibility index (Phi) is 8.43. The van der Waals surface area contributed by atoms with E-state index in [1.54, 1.807) is 19.1 Å². The first-order valence-electron chi connectivity index (χ1n) is 12.8. The zero-order valence-electron chi connectivity index (χ0n) is 21.8. The second-order valence-electron chi connectivity index (χ2n) is 9.22. The molecule has 1 aliphatic heterocycles. The number of nitrogens with zero attached hydrogens (tertiary/aromatic N) is 1. The average Bonchev–Trinajstić information content (AvgIpc) is 3.36. The van der Waals surface area contributed by atoms with E-state index in [0.29, 0.717) is 21.7 Å². The molecule has 9 nitrogen and oxygen atoms in total. The first-order chi connectivity index (χ1) is 19.3. The smallest absolute Gasteiger partial charge is 0.356 e. The summed E-state index contributed by atoms with van der Waals surface area (Å²) >= 11 is 6.19. The van der Waals surface area contributed by atoms with Crippen LogP contribution in [-0.2, 0) is 26.1 Å². The number of benzene rings is 3.